The first-order chi connectivity index (χ1) is 11.0. The van der Waals surface area contributed by atoms with Crippen LogP contribution in [0.2, 0.25) is 0 Å². The van der Waals surface area contributed by atoms with Gasteiger partial charge in [0.25, 0.3) is 0 Å². The van der Waals surface area contributed by atoms with Crippen LogP contribution in [0.5, 0.6) is 5.75 Å². The van der Waals surface area contributed by atoms with E-state index in [-0.39, 0.29) is 5.75 Å². The summed E-state index contributed by atoms with van der Waals surface area (Å²) in [6, 6.07) is 2.96. The number of ether oxygens (including phenoxy) is 1. The summed E-state index contributed by atoms with van der Waals surface area (Å²) in [4.78, 5) is 23.3. The van der Waals surface area contributed by atoms with E-state index < -0.39 is 21.2 Å². The highest BCUT2D eigenvalue weighted by Gasteiger charge is 2.33. The van der Waals surface area contributed by atoms with Crippen molar-refractivity contribution in [3.8, 4) is 5.75 Å². The zero-order chi connectivity index (χ0) is 17.4. The SMILES string of the molecule is CCCN(CCC)CCc1ccc(OC)c([N+](=O)[O-])c1[N+](=O)[O-]. The van der Waals surface area contributed by atoms with Crippen LogP contribution in [0.1, 0.15) is 32.3 Å². The molecule has 8 heteroatoms. The lowest BCUT2D eigenvalue weighted by Crippen LogP contribution is -2.28. The average Bonchev–Trinajstić information content (AvgIpc) is 2.51. The van der Waals surface area contributed by atoms with Gasteiger partial charge in [-0.3, -0.25) is 20.2 Å². The minimum absolute atomic E-state index is 0.0931. The van der Waals surface area contributed by atoms with Gasteiger partial charge in [-0.05, 0) is 44.5 Å². The standard InChI is InChI=1S/C15H23N3O5/c1-4-9-16(10-5-2)11-8-12-6-7-13(23-3)15(18(21)22)14(12)17(19)20/h6-7H,4-5,8-11H2,1-3H3. The number of nitro groups is 2. The highest BCUT2D eigenvalue weighted by molar-refractivity contribution is 5.65. The van der Waals surface area contributed by atoms with Crippen LogP contribution in [0, 0.1) is 20.2 Å². The van der Waals surface area contributed by atoms with E-state index in [2.05, 4.69) is 18.7 Å². The van der Waals surface area contributed by atoms with Gasteiger partial charge in [0.15, 0.2) is 0 Å². The molecule has 0 fully saturated rings. The lowest BCUT2D eigenvalue weighted by atomic mass is 10.1. The topological polar surface area (TPSA) is 98.8 Å². The van der Waals surface area contributed by atoms with Gasteiger partial charge >= 0.3 is 11.4 Å². The summed E-state index contributed by atoms with van der Waals surface area (Å²) in [6.07, 6.45) is 2.37. The fourth-order valence-corrected chi connectivity index (χ4v) is 2.60. The molecule has 0 heterocycles. The first-order valence-corrected chi connectivity index (χ1v) is 7.67. The summed E-state index contributed by atoms with van der Waals surface area (Å²) in [5, 5.41) is 22.6. The fraction of sp³-hybridized carbons (Fsp3) is 0.600. The van der Waals surface area contributed by atoms with E-state index in [1.54, 1.807) is 6.07 Å². The number of rotatable bonds is 10. The predicted molar refractivity (Wildman–Crippen MR) is 87.0 cm³/mol. The third-order valence-electron chi connectivity index (χ3n) is 3.56. The number of nitrogens with zero attached hydrogens (tertiary/aromatic N) is 3. The summed E-state index contributed by atoms with van der Waals surface area (Å²) < 4.78 is 4.90. The molecule has 0 atom stereocenters. The minimum atomic E-state index is -0.754. The summed E-state index contributed by atoms with van der Waals surface area (Å²) in [5.41, 5.74) is -0.686. The van der Waals surface area contributed by atoms with Crippen LogP contribution in [-0.2, 0) is 6.42 Å². The first kappa shape index (κ1) is 18.8. The van der Waals surface area contributed by atoms with Gasteiger partial charge in [-0.1, -0.05) is 13.8 Å². The number of hydrogen-bond donors (Lipinski definition) is 0. The van der Waals surface area contributed by atoms with Gasteiger partial charge in [-0.25, -0.2) is 0 Å². The number of benzene rings is 1. The van der Waals surface area contributed by atoms with Gasteiger partial charge in [-0.2, -0.15) is 0 Å². The average molecular weight is 325 g/mol. The van der Waals surface area contributed by atoms with Crippen LogP contribution in [0.4, 0.5) is 11.4 Å². The minimum Gasteiger partial charge on any atom is -0.490 e. The Morgan fingerprint density at radius 2 is 1.57 bits per heavy atom. The van der Waals surface area contributed by atoms with E-state index in [1.165, 1.54) is 13.2 Å². The molecule has 23 heavy (non-hydrogen) atoms. The van der Waals surface area contributed by atoms with E-state index >= 15 is 0 Å². The van der Waals surface area contributed by atoms with E-state index in [1.807, 2.05) is 0 Å². The molecule has 0 aromatic heterocycles. The molecule has 0 saturated heterocycles. The highest BCUT2D eigenvalue weighted by atomic mass is 16.6. The third kappa shape index (κ3) is 4.88. The molecule has 128 valence electrons. The van der Waals surface area contributed by atoms with Crippen molar-refractivity contribution in [2.24, 2.45) is 0 Å². The molecule has 8 nitrogen and oxygen atoms in total. The molecule has 0 amide bonds. The Morgan fingerprint density at radius 1 is 1.00 bits per heavy atom. The number of hydrogen-bond acceptors (Lipinski definition) is 6. The third-order valence-corrected chi connectivity index (χ3v) is 3.56. The maximum atomic E-state index is 11.3. The van der Waals surface area contributed by atoms with E-state index in [9.17, 15) is 20.2 Å². The number of nitro benzene ring substituents is 2. The zero-order valence-corrected chi connectivity index (χ0v) is 13.8. The molecule has 0 spiro atoms. The molecular weight excluding hydrogens is 302 g/mol. The summed E-state index contributed by atoms with van der Waals surface area (Å²) in [7, 11) is 1.26. The fourth-order valence-electron chi connectivity index (χ4n) is 2.60. The van der Waals surface area contributed by atoms with Crippen LogP contribution < -0.4 is 4.74 Å². The first-order valence-electron chi connectivity index (χ1n) is 7.67. The smallest absolute Gasteiger partial charge is 0.387 e. The van der Waals surface area contributed by atoms with Gasteiger partial charge in [0, 0.05) is 12.1 Å². The Labute approximate surface area is 135 Å². The second-order valence-corrected chi connectivity index (χ2v) is 5.23. The van der Waals surface area contributed by atoms with Crippen LogP contribution in [0.15, 0.2) is 12.1 Å². The second-order valence-electron chi connectivity index (χ2n) is 5.23. The Kier molecular flexibility index (Phi) is 7.40. The van der Waals surface area contributed by atoms with Crippen molar-refractivity contribution >= 4 is 11.4 Å². The predicted octanol–water partition coefficient (Wildman–Crippen LogP) is 3.18. The summed E-state index contributed by atoms with van der Waals surface area (Å²) in [5.74, 6) is -0.0931. The van der Waals surface area contributed by atoms with Crippen molar-refractivity contribution in [3.05, 3.63) is 37.9 Å². The molecule has 0 radical (unpaired) electrons. The Morgan fingerprint density at radius 3 is 2.00 bits per heavy atom. The van der Waals surface area contributed by atoms with Gasteiger partial charge in [0.1, 0.15) is 0 Å². The Bertz CT molecular complexity index is 556. The van der Waals surface area contributed by atoms with Crippen molar-refractivity contribution in [1.82, 2.24) is 4.90 Å². The zero-order valence-electron chi connectivity index (χ0n) is 13.8. The normalized spacial score (nSPS) is 10.8. The molecular formula is C15H23N3O5. The van der Waals surface area contributed by atoms with Crippen LogP contribution in [0.25, 0.3) is 0 Å². The molecule has 0 unspecified atom stereocenters. The maximum Gasteiger partial charge on any atom is 0.387 e. The maximum absolute atomic E-state index is 11.3. The molecule has 0 aliphatic heterocycles. The van der Waals surface area contributed by atoms with E-state index in [4.69, 9.17) is 4.74 Å². The van der Waals surface area contributed by atoms with Crippen LogP contribution in [-0.4, -0.2) is 41.5 Å². The molecule has 0 saturated carbocycles. The van der Waals surface area contributed by atoms with Crippen LogP contribution >= 0.6 is 0 Å². The molecule has 1 aromatic rings. The van der Waals surface area contributed by atoms with Crippen molar-refractivity contribution in [3.63, 3.8) is 0 Å². The molecule has 0 aliphatic carbocycles. The van der Waals surface area contributed by atoms with Crippen molar-refractivity contribution in [2.45, 2.75) is 33.1 Å². The van der Waals surface area contributed by atoms with E-state index in [0.29, 0.717) is 18.5 Å². The van der Waals surface area contributed by atoms with Gasteiger partial charge < -0.3 is 9.64 Å². The molecule has 0 aliphatic rings. The summed E-state index contributed by atoms with van der Waals surface area (Å²) >= 11 is 0. The van der Waals surface area contributed by atoms with Gasteiger partial charge in [0.2, 0.25) is 5.75 Å². The lowest BCUT2D eigenvalue weighted by molar-refractivity contribution is -0.423. The van der Waals surface area contributed by atoms with Crippen molar-refractivity contribution in [2.75, 3.05) is 26.7 Å². The van der Waals surface area contributed by atoms with Crippen LogP contribution in [0.3, 0.4) is 0 Å². The summed E-state index contributed by atoms with van der Waals surface area (Å²) in [6.45, 7) is 6.58. The second kappa shape index (κ2) is 9.04. The van der Waals surface area contributed by atoms with Crippen molar-refractivity contribution in [1.29, 1.82) is 0 Å². The molecule has 0 N–H and O–H groups in total. The molecule has 1 aromatic carbocycles. The monoisotopic (exact) mass is 325 g/mol. The Balaban J connectivity index is 3.13. The Hall–Kier alpha value is -2.22. The quantitative estimate of drug-likeness (QED) is 0.484. The lowest BCUT2D eigenvalue weighted by Gasteiger charge is -2.20. The van der Waals surface area contributed by atoms with Crippen molar-refractivity contribution < 1.29 is 14.6 Å². The number of methoxy groups -OCH3 is 1. The van der Waals surface area contributed by atoms with E-state index in [0.717, 1.165) is 25.9 Å². The largest absolute Gasteiger partial charge is 0.490 e. The molecule has 1 rings (SSSR count). The highest BCUT2D eigenvalue weighted by Crippen LogP contribution is 2.39. The van der Waals surface area contributed by atoms with Gasteiger partial charge in [0.05, 0.1) is 17.0 Å². The van der Waals surface area contributed by atoms with Gasteiger partial charge in [-0.15, -0.1) is 0 Å². The molecule has 0 bridgehead atoms.